The van der Waals surface area contributed by atoms with Gasteiger partial charge in [-0.25, -0.2) is 14.6 Å². The zero-order valence-electron chi connectivity index (χ0n) is 20.7. The first kappa shape index (κ1) is 28.3. The molecule has 2 aromatic carbocycles. The molecule has 0 atom stereocenters. The van der Waals surface area contributed by atoms with E-state index in [4.69, 9.17) is 37.4 Å². The van der Waals surface area contributed by atoms with Crippen LogP contribution < -0.4 is 15.4 Å². The molecule has 8 nitrogen and oxygen atoms in total. The number of carbonyl (C=O) groups is 2. The average molecular weight is 524 g/mol. The van der Waals surface area contributed by atoms with Gasteiger partial charge in [-0.15, -0.1) is 0 Å². The standard InChI is InChI=1S/C25H31Cl2N3O5/c1-24(2,3)34-22(31)29-21(30-23(32)35-25(4,5)6)28-14-16-7-10-18(11-8-16)33-15-17-9-12-19(26)20(27)13-17/h7-13H,14-15H2,1-6H3,(H2,28,29,30,31,32). The quantitative estimate of drug-likeness (QED) is 0.345. The third-order valence-corrected chi connectivity index (χ3v) is 4.71. The van der Waals surface area contributed by atoms with Gasteiger partial charge in [0, 0.05) is 0 Å². The van der Waals surface area contributed by atoms with Crippen LogP contribution in [0, 0.1) is 0 Å². The maximum Gasteiger partial charge on any atom is 0.414 e. The van der Waals surface area contributed by atoms with E-state index in [0.717, 1.165) is 11.1 Å². The first-order valence-electron chi connectivity index (χ1n) is 10.9. The number of amides is 2. The largest absolute Gasteiger partial charge is 0.489 e. The maximum absolute atomic E-state index is 12.2. The highest BCUT2D eigenvalue weighted by atomic mass is 35.5. The van der Waals surface area contributed by atoms with Crippen LogP contribution in [0.5, 0.6) is 5.75 Å². The van der Waals surface area contributed by atoms with Crippen LogP contribution in [0.1, 0.15) is 52.7 Å². The molecule has 10 heteroatoms. The minimum atomic E-state index is -0.752. The van der Waals surface area contributed by atoms with Crippen molar-refractivity contribution in [2.45, 2.75) is 65.9 Å². The van der Waals surface area contributed by atoms with Crippen molar-refractivity contribution in [2.24, 2.45) is 4.99 Å². The first-order chi connectivity index (χ1) is 16.2. The number of hydrogen-bond donors (Lipinski definition) is 2. The number of aliphatic imine (C=N–C) groups is 1. The van der Waals surface area contributed by atoms with Crippen LogP contribution in [0.3, 0.4) is 0 Å². The van der Waals surface area contributed by atoms with Crippen LogP contribution in [-0.4, -0.2) is 29.3 Å². The average Bonchev–Trinajstić information content (AvgIpc) is 2.71. The van der Waals surface area contributed by atoms with Crippen LogP contribution in [0.15, 0.2) is 47.5 Å². The molecule has 35 heavy (non-hydrogen) atoms. The van der Waals surface area contributed by atoms with Crippen LogP contribution >= 0.6 is 23.2 Å². The lowest BCUT2D eigenvalue weighted by molar-refractivity contribution is 0.0545. The number of rotatable bonds is 5. The summed E-state index contributed by atoms with van der Waals surface area (Å²) in [6.07, 6.45) is -1.50. The highest BCUT2D eigenvalue weighted by Crippen LogP contribution is 2.23. The third kappa shape index (κ3) is 11.3. The van der Waals surface area contributed by atoms with E-state index in [-0.39, 0.29) is 12.5 Å². The Morgan fingerprint density at radius 3 is 1.80 bits per heavy atom. The van der Waals surface area contributed by atoms with Gasteiger partial charge in [0.15, 0.2) is 0 Å². The smallest absolute Gasteiger partial charge is 0.414 e. The van der Waals surface area contributed by atoms with Gasteiger partial charge in [0.25, 0.3) is 0 Å². The van der Waals surface area contributed by atoms with Crippen molar-refractivity contribution in [3.05, 3.63) is 63.6 Å². The minimum Gasteiger partial charge on any atom is -0.489 e. The zero-order valence-corrected chi connectivity index (χ0v) is 22.2. The molecule has 0 heterocycles. The summed E-state index contributed by atoms with van der Waals surface area (Å²) >= 11 is 12.0. The predicted molar refractivity (Wildman–Crippen MR) is 137 cm³/mol. The number of nitrogens with zero attached hydrogens (tertiary/aromatic N) is 1. The molecule has 0 radical (unpaired) electrons. The Balaban J connectivity index is 2.03. The van der Waals surface area contributed by atoms with E-state index >= 15 is 0 Å². The molecule has 2 N–H and O–H groups in total. The summed E-state index contributed by atoms with van der Waals surface area (Å²) in [5.74, 6) is 0.566. The predicted octanol–water partition coefficient (Wildman–Crippen LogP) is 6.48. The molecule has 2 rings (SSSR count). The minimum absolute atomic E-state index is 0.0894. The molecular weight excluding hydrogens is 493 g/mol. The number of alkyl carbamates (subject to hydrolysis) is 2. The summed E-state index contributed by atoms with van der Waals surface area (Å²) in [7, 11) is 0. The number of hydrogen-bond acceptors (Lipinski definition) is 6. The summed E-state index contributed by atoms with van der Waals surface area (Å²) < 4.78 is 16.3. The number of ether oxygens (including phenoxy) is 3. The van der Waals surface area contributed by atoms with Crippen molar-refractivity contribution < 1.29 is 23.8 Å². The van der Waals surface area contributed by atoms with Crippen LogP contribution in [-0.2, 0) is 22.6 Å². The topological polar surface area (TPSA) is 98.3 Å². The monoisotopic (exact) mass is 523 g/mol. The molecular formula is C25H31Cl2N3O5. The third-order valence-electron chi connectivity index (χ3n) is 3.97. The number of carbonyl (C=O) groups excluding carboxylic acids is 2. The number of halogens is 2. The summed E-state index contributed by atoms with van der Waals surface area (Å²) in [5, 5.41) is 5.86. The molecule has 2 amide bonds. The Kier molecular flexibility index (Phi) is 9.80. The molecule has 0 aliphatic rings. The van der Waals surface area contributed by atoms with Gasteiger partial charge in [0.1, 0.15) is 23.6 Å². The van der Waals surface area contributed by atoms with Gasteiger partial charge in [-0.3, -0.25) is 10.6 Å². The molecule has 0 unspecified atom stereocenters. The fraction of sp³-hybridized carbons (Fsp3) is 0.400. The Labute approximate surface area is 215 Å². The number of benzene rings is 2. The van der Waals surface area contributed by atoms with Crippen molar-refractivity contribution in [3.63, 3.8) is 0 Å². The lowest BCUT2D eigenvalue weighted by atomic mass is 10.2. The summed E-state index contributed by atoms with van der Waals surface area (Å²) in [6.45, 7) is 10.9. The Hall–Kier alpha value is -2.97. The zero-order chi connectivity index (χ0) is 26.2. The maximum atomic E-state index is 12.2. The normalized spacial score (nSPS) is 11.3. The Morgan fingerprint density at radius 1 is 0.800 bits per heavy atom. The van der Waals surface area contributed by atoms with E-state index in [1.54, 1.807) is 65.8 Å². The van der Waals surface area contributed by atoms with Gasteiger partial charge < -0.3 is 14.2 Å². The molecule has 0 saturated carbocycles. The first-order valence-corrected chi connectivity index (χ1v) is 11.7. The summed E-state index contributed by atoms with van der Waals surface area (Å²) in [6, 6.07) is 12.6. The second-order valence-corrected chi connectivity index (χ2v) is 10.4. The summed E-state index contributed by atoms with van der Waals surface area (Å²) in [4.78, 5) is 28.7. The van der Waals surface area contributed by atoms with Gasteiger partial charge in [0.2, 0.25) is 5.96 Å². The van der Waals surface area contributed by atoms with Gasteiger partial charge in [-0.05, 0) is 76.9 Å². The van der Waals surface area contributed by atoms with Crippen LogP contribution in [0.25, 0.3) is 0 Å². The molecule has 0 aliphatic carbocycles. The van der Waals surface area contributed by atoms with Gasteiger partial charge >= 0.3 is 12.2 Å². The molecule has 0 fully saturated rings. The van der Waals surface area contributed by atoms with Crippen molar-refractivity contribution in [2.75, 3.05) is 0 Å². The lowest BCUT2D eigenvalue weighted by Gasteiger charge is -2.22. The second kappa shape index (κ2) is 12.1. The Morgan fingerprint density at radius 2 is 1.31 bits per heavy atom. The SMILES string of the molecule is CC(C)(C)OC(=O)NC(=NCc1ccc(OCc2ccc(Cl)c(Cl)c2)cc1)NC(=O)OC(C)(C)C. The van der Waals surface area contributed by atoms with Crippen molar-refractivity contribution in [1.82, 2.24) is 10.6 Å². The molecule has 0 aliphatic heterocycles. The second-order valence-electron chi connectivity index (χ2n) is 9.60. The van der Waals surface area contributed by atoms with E-state index in [1.807, 2.05) is 18.2 Å². The van der Waals surface area contributed by atoms with E-state index in [2.05, 4.69) is 15.6 Å². The Bertz CT molecular complexity index is 1030. The highest BCUT2D eigenvalue weighted by Gasteiger charge is 2.21. The van der Waals surface area contributed by atoms with Gasteiger partial charge in [-0.2, -0.15) is 0 Å². The number of nitrogens with one attached hydrogen (secondary N) is 2. The van der Waals surface area contributed by atoms with Crippen LogP contribution in [0.4, 0.5) is 9.59 Å². The fourth-order valence-electron chi connectivity index (χ4n) is 2.57. The fourth-order valence-corrected chi connectivity index (χ4v) is 2.89. The molecule has 0 aromatic heterocycles. The summed E-state index contributed by atoms with van der Waals surface area (Å²) in [5.41, 5.74) is 0.281. The number of guanidine groups is 1. The van der Waals surface area contributed by atoms with E-state index in [9.17, 15) is 9.59 Å². The van der Waals surface area contributed by atoms with Gasteiger partial charge in [-0.1, -0.05) is 41.4 Å². The molecule has 190 valence electrons. The molecule has 0 bridgehead atoms. The van der Waals surface area contributed by atoms with E-state index in [0.29, 0.717) is 22.4 Å². The van der Waals surface area contributed by atoms with Gasteiger partial charge in [0.05, 0.1) is 16.6 Å². The highest BCUT2D eigenvalue weighted by molar-refractivity contribution is 6.42. The molecule has 0 spiro atoms. The van der Waals surface area contributed by atoms with Crippen molar-refractivity contribution in [3.8, 4) is 5.75 Å². The van der Waals surface area contributed by atoms with E-state index < -0.39 is 23.4 Å². The van der Waals surface area contributed by atoms with Crippen LogP contribution in [0.2, 0.25) is 10.0 Å². The lowest BCUT2D eigenvalue weighted by Crippen LogP contribution is -2.47. The van der Waals surface area contributed by atoms with Crippen molar-refractivity contribution in [1.29, 1.82) is 0 Å². The molecule has 0 saturated heterocycles. The van der Waals surface area contributed by atoms with E-state index in [1.165, 1.54) is 0 Å². The van der Waals surface area contributed by atoms with Crippen molar-refractivity contribution >= 4 is 41.3 Å². The molecule has 2 aromatic rings.